The largest absolute Gasteiger partial charge is 0.352 e. The number of carbonyl (C=O) groups excluding carboxylic acids is 2. The molecular formula is C25H30BrClN2O2. The third-order valence-corrected chi connectivity index (χ3v) is 6.79. The number of rotatable bonds is 8. The van der Waals surface area contributed by atoms with Crippen LogP contribution in [0.2, 0.25) is 5.02 Å². The standard InChI is InChI=1S/C25H30BrClN2O2/c1-18(25(31)28-22-11-3-2-4-12-22)29(17-19-8-7-10-21(26)16-19)24(30)15-14-20-9-5-6-13-23(20)27/h5-10,13,16,18,22H,2-4,11-12,14-15,17H2,1H3,(H,28,31). The van der Waals surface area contributed by atoms with E-state index < -0.39 is 6.04 Å². The first-order valence-electron chi connectivity index (χ1n) is 11.0. The molecule has 31 heavy (non-hydrogen) atoms. The van der Waals surface area contributed by atoms with Crippen LogP contribution in [0, 0.1) is 0 Å². The fraction of sp³-hybridized carbons (Fsp3) is 0.440. The second kappa shape index (κ2) is 11.7. The van der Waals surface area contributed by atoms with E-state index in [4.69, 9.17) is 11.6 Å². The summed E-state index contributed by atoms with van der Waals surface area (Å²) in [5.74, 6) is -0.126. The van der Waals surface area contributed by atoms with Crippen molar-refractivity contribution in [2.45, 2.75) is 70.5 Å². The third kappa shape index (κ3) is 7.08. The molecule has 166 valence electrons. The van der Waals surface area contributed by atoms with Gasteiger partial charge in [-0.15, -0.1) is 0 Å². The predicted octanol–water partition coefficient (Wildman–Crippen LogP) is 5.90. The number of nitrogens with one attached hydrogen (secondary N) is 1. The fourth-order valence-electron chi connectivity index (χ4n) is 4.07. The Balaban J connectivity index is 1.71. The van der Waals surface area contributed by atoms with E-state index in [1.54, 1.807) is 4.90 Å². The van der Waals surface area contributed by atoms with Gasteiger partial charge in [-0.25, -0.2) is 0 Å². The number of nitrogens with zero attached hydrogens (tertiary/aromatic N) is 1. The zero-order valence-electron chi connectivity index (χ0n) is 17.9. The van der Waals surface area contributed by atoms with Gasteiger partial charge in [0, 0.05) is 28.5 Å². The van der Waals surface area contributed by atoms with Crippen LogP contribution in [0.15, 0.2) is 53.0 Å². The maximum atomic E-state index is 13.2. The minimum Gasteiger partial charge on any atom is -0.352 e. The topological polar surface area (TPSA) is 49.4 Å². The predicted molar refractivity (Wildman–Crippen MR) is 129 cm³/mol. The third-order valence-electron chi connectivity index (χ3n) is 5.93. The second-order valence-corrected chi connectivity index (χ2v) is 9.59. The van der Waals surface area contributed by atoms with Crippen molar-refractivity contribution in [1.29, 1.82) is 0 Å². The highest BCUT2D eigenvalue weighted by Crippen LogP contribution is 2.21. The van der Waals surface area contributed by atoms with Gasteiger partial charge in [-0.3, -0.25) is 9.59 Å². The van der Waals surface area contributed by atoms with E-state index in [-0.39, 0.29) is 17.9 Å². The molecule has 2 aromatic carbocycles. The Morgan fingerprint density at radius 3 is 2.58 bits per heavy atom. The van der Waals surface area contributed by atoms with Gasteiger partial charge in [-0.05, 0) is 55.5 Å². The normalized spacial score (nSPS) is 15.3. The number of carbonyl (C=O) groups is 2. The molecule has 1 saturated carbocycles. The van der Waals surface area contributed by atoms with Crippen LogP contribution in [0.4, 0.5) is 0 Å². The number of halogens is 2. The number of hydrogen-bond donors (Lipinski definition) is 1. The van der Waals surface area contributed by atoms with Gasteiger partial charge >= 0.3 is 0 Å². The van der Waals surface area contributed by atoms with E-state index in [0.717, 1.165) is 41.3 Å². The highest BCUT2D eigenvalue weighted by atomic mass is 79.9. The quantitative estimate of drug-likeness (QED) is 0.485. The van der Waals surface area contributed by atoms with Gasteiger partial charge in [0.1, 0.15) is 6.04 Å². The van der Waals surface area contributed by atoms with Crippen molar-refractivity contribution in [1.82, 2.24) is 10.2 Å². The molecule has 2 aromatic rings. The summed E-state index contributed by atoms with van der Waals surface area (Å²) in [6.45, 7) is 2.21. The molecule has 1 atom stereocenters. The molecule has 1 N–H and O–H groups in total. The number of hydrogen-bond acceptors (Lipinski definition) is 2. The van der Waals surface area contributed by atoms with E-state index in [9.17, 15) is 9.59 Å². The van der Waals surface area contributed by atoms with Crippen molar-refractivity contribution < 1.29 is 9.59 Å². The Morgan fingerprint density at radius 1 is 1.13 bits per heavy atom. The van der Waals surface area contributed by atoms with Crippen LogP contribution in [0.25, 0.3) is 0 Å². The van der Waals surface area contributed by atoms with Crippen LogP contribution in [-0.2, 0) is 22.6 Å². The molecule has 0 radical (unpaired) electrons. The average molecular weight is 506 g/mol. The molecule has 0 aliphatic heterocycles. The average Bonchev–Trinajstić information content (AvgIpc) is 2.77. The summed E-state index contributed by atoms with van der Waals surface area (Å²) >= 11 is 9.75. The molecule has 0 heterocycles. The first kappa shape index (κ1) is 23.8. The SMILES string of the molecule is CC(C(=O)NC1CCCCC1)N(Cc1cccc(Br)c1)C(=O)CCc1ccccc1Cl. The minimum absolute atomic E-state index is 0.0498. The van der Waals surface area contributed by atoms with Gasteiger partial charge in [0.25, 0.3) is 0 Å². The van der Waals surface area contributed by atoms with Crippen molar-refractivity contribution in [3.05, 3.63) is 69.2 Å². The van der Waals surface area contributed by atoms with Crippen LogP contribution >= 0.6 is 27.5 Å². The number of amides is 2. The first-order valence-corrected chi connectivity index (χ1v) is 12.2. The van der Waals surface area contributed by atoms with Crippen molar-refractivity contribution in [3.8, 4) is 0 Å². The minimum atomic E-state index is -0.542. The lowest BCUT2D eigenvalue weighted by Crippen LogP contribution is -2.50. The molecule has 3 rings (SSSR count). The van der Waals surface area contributed by atoms with Crippen molar-refractivity contribution >= 4 is 39.3 Å². The number of benzene rings is 2. The number of aryl methyl sites for hydroxylation is 1. The van der Waals surface area contributed by atoms with Crippen LogP contribution in [0.5, 0.6) is 0 Å². The molecule has 0 aromatic heterocycles. The monoisotopic (exact) mass is 504 g/mol. The van der Waals surface area contributed by atoms with E-state index in [1.165, 1.54) is 6.42 Å². The summed E-state index contributed by atoms with van der Waals surface area (Å²) in [5, 5.41) is 3.83. The van der Waals surface area contributed by atoms with E-state index in [0.29, 0.717) is 24.4 Å². The lowest BCUT2D eigenvalue weighted by atomic mass is 9.95. The van der Waals surface area contributed by atoms with Gasteiger partial charge in [0.2, 0.25) is 11.8 Å². The summed E-state index contributed by atoms with van der Waals surface area (Å²) in [6.07, 6.45) is 6.42. The van der Waals surface area contributed by atoms with Crippen LogP contribution in [-0.4, -0.2) is 28.8 Å². The molecule has 1 aliphatic carbocycles. The molecule has 0 bridgehead atoms. The van der Waals surface area contributed by atoms with E-state index in [1.807, 2.05) is 55.5 Å². The first-order chi connectivity index (χ1) is 14.9. The summed E-state index contributed by atoms with van der Waals surface area (Å²) < 4.78 is 0.952. The summed E-state index contributed by atoms with van der Waals surface area (Å²) in [4.78, 5) is 27.9. The maximum absolute atomic E-state index is 13.2. The molecule has 0 saturated heterocycles. The van der Waals surface area contributed by atoms with Gasteiger partial charge in [0.15, 0.2) is 0 Å². The van der Waals surface area contributed by atoms with Crippen LogP contribution < -0.4 is 5.32 Å². The second-order valence-electron chi connectivity index (χ2n) is 8.26. The molecule has 1 aliphatic rings. The molecule has 2 amide bonds. The van der Waals surface area contributed by atoms with Crippen molar-refractivity contribution in [2.24, 2.45) is 0 Å². The Bertz CT molecular complexity index is 899. The molecule has 0 spiro atoms. The Hall–Kier alpha value is -1.85. The van der Waals surface area contributed by atoms with Crippen LogP contribution in [0.3, 0.4) is 0 Å². The van der Waals surface area contributed by atoms with E-state index in [2.05, 4.69) is 21.2 Å². The highest BCUT2D eigenvalue weighted by Gasteiger charge is 2.28. The highest BCUT2D eigenvalue weighted by molar-refractivity contribution is 9.10. The van der Waals surface area contributed by atoms with Gasteiger partial charge in [-0.2, -0.15) is 0 Å². The fourth-order valence-corrected chi connectivity index (χ4v) is 4.75. The molecule has 1 fully saturated rings. The molecular weight excluding hydrogens is 476 g/mol. The zero-order chi connectivity index (χ0) is 22.2. The Morgan fingerprint density at radius 2 is 1.87 bits per heavy atom. The summed E-state index contributed by atoms with van der Waals surface area (Å²) in [6, 6.07) is 15.1. The van der Waals surface area contributed by atoms with Crippen molar-refractivity contribution in [3.63, 3.8) is 0 Å². The van der Waals surface area contributed by atoms with Gasteiger partial charge in [0.05, 0.1) is 0 Å². The van der Waals surface area contributed by atoms with Crippen LogP contribution in [0.1, 0.15) is 56.6 Å². The maximum Gasteiger partial charge on any atom is 0.242 e. The lowest BCUT2D eigenvalue weighted by molar-refractivity contribution is -0.141. The van der Waals surface area contributed by atoms with E-state index >= 15 is 0 Å². The van der Waals surface area contributed by atoms with Crippen molar-refractivity contribution in [2.75, 3.05) is 0 Å². The smallest absolute Gasteiger partial charge is 0.242 e. The molecule has 6 heteroatoms. The van der Waals surface area contributed by atoms with Gasteiger partial charge < -0.3 is 10.2 Å². The van der Waals surface area contributed by atoms with Gasteiger partial charge in [-0.1, -0.05) is 77.1 Å². The summed E-state index contributed by atoms with van der Waals surface area (Å²) in [5.41, 5.74) is 1.93. The molecule has 4 nitrogen and oxygen atoms in total. The summed E-state index contributed by atoms with van der Waals surface area (Å²) in [7, 11) is 0. The Labute approximate surface area is 198 Å². The Kier molecular flexibility index (Phi) is 8.97. The zero-order valence-corrected chi connectivity index (χ0v) is 20.3. The lowest BCUT2D eigenvalue weighted by Gasteiger charge is -2.31. The molecule has 1 unspecified atom stereocenters.